The molecule has 2 aromatic rings. The zero-order chi connectivity index (χ0) is 18.8. The monoisotopic (exact) mass is 365 g/mol. The van der Waals surface area contributed by atoms with E-state index in [0.29, 0.717) is 18.2 Å². The van der Waals surface area contributed by atoms with Gasteiger partial charge in [-0.1, -0.05) is 13.8 Å². The topological polar surface area (TPSA) is 70.2 Å². The van der Waals surface area contributed by atoms with Gasteiger partial charge in [-0.2, -0.15) is 0 Å². The van der Waals surface area contributed by atoms with Crippen LogP contribution in [0.3, 0.4) is 0 Å². The summed E-state index contributed by atoms with van der Waals surface area (Å²) in [7, 11) is 0. The van der Waals surface area contributed by atoms with Crippen molar-refractivity contribution in [2.24, 2.45) is 5.92 Å². The number of aromatic nitrogens is 2. The second-order valence-corrected chi connectivity index (χ2v) is 7.70. The molecule has 0 radical (unpaired) electrons. The number of piperazine rings is 1. The molecule has 0 spiro atoms. The third kappa shape index (κ3) is 3.81. The fourth-order valence-electron chi connectivity index (χ4n) is 4.00. The molecule has 1 atom stereocenters. The van der Waals surface area contributed by atoms with Crippen LogP contribution in [0.1, 0.15) is 37.4 Å². The Morgan fingerprint density at radius 1 is 1.15 bits per heavy atom. The van der Waals surface area contributed by atoms with Crippen LogP contribution in [-0.4, -0.2) is 41.9 Å². The first kappa shape index (κ1) is 17.9. The lowest BCUT2D eigenvalue weighted by Crippen LogP contribution is -2.43. The number of anilines is 3. The summed E-state index contributed by atoms with van der Waals surface area (Å²) in [5.41, 5.74) is 4.19. The van der Waals surface area contributed by atoms with Gasteiger partial charge in [0.1, 0.15) is 5.78 Å². The largest absolute Gasteiger partial charge is 0.369 e. The maximum Gasteiger partial charge on any atom is 0.227 e. The lowest BCUT2D eigenvalue weighted by Gasteiger charge is -2.29. The number of ketones is 1. The zero-order valence-corrected chi connectivity index (χ0v) is 16.0. The lowest BCUT2D eigenvalue weighted by atomic mass is 9.79. The molecule has 1 fully saturated rings. The highest BCUT2D eigenvalue weighted by atomic mass is 16.1. The highest BCUT2D eigenvalue weighted by Crippen LogP contribution is 2.33. The molecule has 1 aliphatic carbocycles. The van der Waals surface area contributed by atoms with Crippen molar-refractivity contribution in [3.63, 3.8) is 0 Å². The van der Waals surface area contributed by atoms with Crippen molar-refractivity contribution in [2.75, 3.05) is 36.4 Å². The van der Waals surface area contributed by atoms with Crippen molar-refractivity contribution < 1.29 is 4.79 Å². The van der Waals surface area contributed by atoms with Gasteiger partial charge in [-0.25, -0.2) is 9.97 Å². The number of nitrogens with zero attached hydrogens (tertiary/aromatic N) is 3. The summed E-state index contributed by atoms with van der Waals surface area (Å²) < 4.78 is 0. The van der Waals surface area contributed by atoms with Gasteiger partial charge in [-0.3, -0.25) is 4.79 Å². The molecule has 1 aliphatic heterocycles. The number of rotatable bonds is 4. The van der Waals surface area contributed by atoms with E-state index in [-0.39, 0.29) is 11.8 Å². The average molecular weight is 365 g/mol. The summed E-state index contributed by atoms with van der Waals surface area (Å²) in [4.78, 5) is 23.9. The number of Topliss-reactive ketones (excluding diaryl/α,β-unsaturated/α-hetero) is 1. The van der Waals surface area contributed by atoms with E-state index < -0.39 is 0 Å². The highest BCUT2D eigenvalue weighted by molar-refractivity contribution is 5.87. The third-order valence-corrected chi connectivity index (χ3v) is 5.45. The van der Waals surface area contributed by atoms with Gasteiger partial charge in [0, 0.05) is 50.2 Å². The minimum Gasteiger partial charge on any atom is -0.369 e. The van der Waals surface area contributed by atoms with Gasteiger partial charge in [0.2, 0.25) is 5.95 Å². The number of fused-ring (bicyclic) bond motifs is 1. The number of carbonyl (C=O) groups is 1. The van der Waals surface area contributed by atoms with Gasteiger partial charge in [0.05, 0.1) is 11.6 Å². The molecular weight excluding hydrogens is 338 g/mol. The number of aryl methyl sites for hydroxylation is 1. The van der Waals surface area contributed by atoms with Crippen molar-refractivity contribution in [3.8, 4) is 0 Å². The van der Waals surface area contributed by atoms with Crippen molar-refractivity contribution in [1.29, 1.82) is 0 Å². The Labute approximate surface area is 160 Å². The normalized spacial score (nSPS) is 19.9. The van der Waals surface area contributed by atoms with Gasteiger partial charge in [-0.05, 0) is 42.2 Å². The van der Waals surface area contributed by atoms with E-state index in [1.807, 2.05) is 6.20 Å². The van der Waals surface area contributed by atoms with Gasteiger partial charge >= 0.3 is 0 Å². The van der Waals surface area contributed by atoms with Crippen LogP contribution >= 0.6 is 0 Å². The minimum absolute atomic E-state index is 0.118. The lowest BCUT2D eigenvalue weighted by molar-refractivity contribution is -0.121. The molecule has 1 aromatic carbocycles. The summed E-state index contributed by atoms with van der Waals surface area (Å²) in [6, 6.07) is 8.38. The molecule has 0 saturated carbocycles. The van der Waals surface area contributed by atoms with Crippen molar-refractivity contribution in [1.82, 2.24) is 15.3 Å². The smallest absolute Gasteiger partial charge is 0.227 e. The molecule has 142 valence electrons. The quantitative estimate of drug-likeness (QED) is 0.868. The molecule has 2 N–H and O–H groups in total. The molecular formula is C21H27N5O. The van der Waals surface area contributed by atoms with Crippen LogP contribution in [0.4, 0.5) is 17.3 Å². The predicted octanol–water partition coefficient (Wildman–Crippen LogP) is 2.88. The number of nitrogens with one attached hydrogen (secondary N) is 2. The van der Waals surface area contributed by atoms with E-state index >= 15 is 0 Å². The molecule has 0 amide bonds. The third-order valence-electron chi connectivity index (χ3n) is 5.45. The molecule has 2 heterocycles. The summed E-state index contributed by atoms with van der Waals surface area (Å²) in [5, 5.41) is 6.67. The Bertz CT molecular complexity index is 812. The van der Waals surface area contributed by atoms with E-state index in [0.717, 1.165) is 49.5 Å². The second kappa shape index (κ2) is 7.64. The first-order valence-corrected chi connectivity index (χ1v) is 9.83. The average Bonchev–Trinajstić information content (AvgIpc) is 2.69. The molecule has 4 rings (SSSR count). The maximum absolute atomic E-state index is 12.4. The molecule has 1 saturated heterocycles. The van der Waals surface area contributed by atoms with Crippen LogP contribution in [0.15, 0.2) is 30.5 Å². The van der Waals surface area contributed by atoms with E-state index in [9.17, 15) is 4.79 Å². The Morgan fingerprint density at radius 3 is 2.59 bits per heavy atom. The molecule has 1 unspecified atom stereocenters. The number of benzene rings is 1. The summed E-state index contributed by atoms with van der Waals surface area (Å²) >= 11 is 0. The van der Waals surface area contributed by atoms with E-state index in [2.05, 4.69) is 58.6 Å². The molecule has 27 heavy (non-hydrogen) atoms. The molecule has 6 nitrogen and oxygen atoms in total. The maximum atomic E-state index is 12.4. The van der Waals surface area contributed by atoms with Crippen LogP contribution in [0.25, 0.3) is 0 Å². The summed E-state index contributed by atoms with van der Waals surface area (Å²) in [6.45, 7) is 8.29. The Kier molecular flexibility index (Phi) is 5.07. The summed E-state index contributed by atoms with van der Waals surface area (Å²) in [5.74, 6) is 0.983. The Hall–Kier alpha value is -2.47. The van der Waals surface area contributed by atoms with Crippen molar-refractivity contribution in [3.05, 3.63) is 41.7 Å². The highest BCUT2D eigenvalue weighted by Gasteiger charge is 2.32. The van der Waals surface area contributed by atoms with Gasteiger partial charge in [0.25, 0.3) is 0 Å². The zero-order valence-electron chi connectivity index (χ0n) is 16.0. The van der Waals surface area contributed by atoms with Gasteiger partial charge < -0.3 is 15.5 Å². The SMILES string of the molecule is CC(C)C1C(=O)CCc2cnc(Nc3ccc(N4CCNCC4)cc3)nc21. The van der Waals surface area contributed by atoms with Crippen LogP contribution in [0.5, 0.6) is 0 Å². The van der Waals surface area contributed by atoms with E-state index in [1.54, 1.807) is 0 Å². The van der Waals surface area contributed by atoms with Crippen LogP contribution in [-0.2, 0) is 11.2 Å². The van der Waals surface area contributed by atoms with E-state index in [4.69, 9.17) is 4.98 Å². The van der Waals surface area contributed by atoms with Crippen LogP contribution in [0, 0.1) is 5.92 Å². The summed E-state index contributed by atoms with van der Waals surface area (Å²) in [6.07, 6.45) is 3.22. The number of hydrogen-bond donors (Lipinski definition) is 2. The van der Waals surface area contributed by atoms with Crippen LogP contribution in [0.2, 0.25) is 0 Å². The minimum atomic E-state index is -0.118. The molecule has 1 aromatic heterocycles. The standard InChI is InChI=1S/C21H27N5O/c1-14(2)19-18(27)8-3-15-13-23-21(25-20(15)19)24-16-4-6-17(7-5-16)26-11-9-22-10-12-26/h4-7,13-14,19,22H,3,8-12H2,1-2H3,(H,23,24,25). The first-order valence-electron chi connectivity index (χ1n) is 9.83. The van der Waals surface area contributed by atoms with Crippen molar-refractivity contribution >= 4 is 23.1 Å². The second-order valence-electron chi connectivity index (χ2n) is 7.70. The van der Waals surface area contributed by atoms with Crippen molar-refractivity contribution in [2.45, 2.75) is 32.6 Å². The van der Waals surface area contributed by atoms with E-state index in [1.165, 1.54) is 5.69 Å². The Balaban J connectivity index is 1.52. The molecule has 0 bridgehead atoms. The number of carbonyl (C=O) groups excluding carboxylic acids is 1. The fourth-order valence-corrected chi connectivity index (χ4v) is 4.00. The molecule has 6 heteroatoms. The number of hydrogen-bond acceptors (Lipinski definition) is 6. The first-order chi connectivity index (χ1) is 13.1. The van der Waals surface area contributed by atoms with Crippen LogP contribution < -0.4 is 15.5 Å². The molecule has 2 aliphatic rings. The van der Waals surface area contributed by atoms with Gasteiger partial charge in [0.15, 0.2) is 0 Å². The van der Waals surface area contributed by atoms with Gasteiger partial charge in [-0.15, -0.1) is 0 Å². The fraction of sp³-hybridized carbons (Fsp3) is 0.476. The Morgan fingerprint density at radius 2 is 1.89 bits per heavy atom. The predicted molar refractivity (Wildman–Crippen MR) is 108 cm³/mol.